The number of pyridine rings is 2. The van der Waals surface area contributed by atoms with E-state index in [1.165, 1.54) is 13.2 Å². The Bertz CT molecular complexity index is 1420. The van der Waals surface area contributed by atoms with Gasteiger partial charge in [-0.15, -0.1) is 0 Å². The van der Waals surface area contributed by atoms with Crippen LogP contribution in [0, 0.1) is 12.7 Å². The number of aryl methyl sites for hydroxylation is 2. The first kappa shape index (κ1) is 19.6. The number of rotatable bonds is 2. The van der Waals surface area contributed by atoms with Gasteiger partial charge in [-0.3, -0.25) is 4.79 Å². The molecular formula is C25H23FN2O4. The van der Waals surface area contributed by atoms with E-state index in [9.17, 15) is 14.0 Å². The number of halogens is 1. The molecule has 0 radical (unpaired) electrons. The van der Waals surface area contributed by atoms with Crippen LogP contribution < -0.4 is 5.56 Å². The Morgan fingerprint density at radius 3 is 2.72 bits per heavy atom. The van der Waals surface area contributed by atoms with E-state index in [1.807, 2.05) is 19.9 Å². The predicted molar refractivity (Wildman–Crippen MR) is 116 cm³/mol. The van der Waals surface area contributed by atoms with Crippen LogP contribution in [0.1, 0.15) is 53.1 Å². The molecule has 3 aliphatic rings. The predicted octanol–water partition coefficient (Wildman–Crippen LogP) is 3.67. The molecule has 2 aliphatic heterocycles. The van der Waals surface area contributed by atoms with E-state index in [4.69, 9.17) is 14.5 Å². The highest BCUT2D eigenvalue weighted by atomic mass is 19.1. The number of esters is 1. The molecule has 2 aromatic heterocycles. The quantitative estimate of drug-likeness (QED) is 0.450. The van der Waals surface area contributed by atoms with Crippen LogP contribution in [0.2, 0.25) is 0 Å². The largest absolute Gasteiger partial charge is 0.458 e. The number of aromatic nitrogens is 2. The topological polar surface area (TPSA) is 70.4 Å². The number of cyclic esters (lactones) is 1. The van der Waals surface area contributed by atoms with Crippen molar-refractivity contribution in [3.8, 4) is 11.4 Å². The van der Waals surface area contributed by atoms with E-state index in [0.29, 0.717) is 46.6 Å². The van der Waals surface area contributed by atoms with Crippen molar-refractivity contribution in [3.05, 3.63) is 61.7 Å². The molecule has 0 bridgehead atoms. The van der Waals surface area contributed by atoms with E-state index in [-0.39, 0.29) is 18.0 Å². The van der Waals surface area contributed by atoms with Gasteiger partial charge in [0, 0.05) is 29.7 Å². The normalized spacial score (nSPS) is 20.7. The molecule has 0 unspecified atom stereocenters. The van der Waals surface area contributed by atoms with Crippen molar-refractivity contribution in [1.82, 2.24) is 9.55 Å². The van der Waals surface area contributed by atoms with E-state index in [2.05, 4.69) is 0 Å². The maximum Gasteiger partial charge on any atom is 0.343 e. The van der Waals surface area contributed by atoms with Crippen LogP contribution >= 0.6 is 0 Å². The zero-order valence-electron chi connectivity index (χ0n) is 18.3. The molecular weight excluding hydrogens is 411 g/mol. The smallest absolute Gasteiger partial charge is 0.343 e. The van der Waals surface area contributed by atoms with Crippen LogP contribution in [0.3, 0.4) is 0 Å². The summed E-state index contributed by atoms with van der Waals surface area (Å²) in [7, 11) is 1.46. The summed E-state index contributed by atoms with van der Waals surface area (Å²) in [6.07, 6.45) is 2.99. The maximum absolute atomic E-state index is 14.7. The van der Waals surface area contributed by atoms with Crippen molar-refractivity contribution in [1.29, 1.82) is 0 Å². The SMILES string of the molecule is CC[C@@]1(OC)C(=O)OCc2c1cc1n(c2=O)Cc2c-1nc1cc(F)c(C)c3c1c2CCC3. The van der Waals surface area contributed by atoms with Crippen LogP contribution in [0.4, 0.5) is 4.39 Å². The Labute approximate surface area is 184 Å². The first-order valence-corrected chi connectivity index (χ1v) is 11.0. The molecule has 0 N–H and O–H groups in total. The average Bonchev–Trinajstić information content (AvgIpc) is 3.17. The Kier molecular flexibility index (Phi) is 3.97. The minimum atomic E-state index is -1.31. The first-order valence-electron chi connectivity index (χ1n) is 11.0. The number of hydrogen-bond acceptors (Lipinski definition) is 5. The minimum absolute atomic E-state index is 0.0639. The van der Waals surface area contributed by atoms with Gasteiger partial charge in [-0.25, -0.2) is 14.2 Å². The van der Waals surface area contributed by atoms with Gasteiger partial charge in [0.15, 0.2) is 5.60 Å². The molecule has 0 saturated heterocycles. The molecule has 6 rings (SSSR count). The van der Waals surface area contributed by atoms with Crippen molar-refractivity contribution >= 4 is 16.9 Å². The highest BCUT2D eigenvalue weighted by Gasteiger charge is 2.47. The second kappa shape index (κ2) is 6.48. The van der Waals surface area contributed by atoms with Gasteiger partial charge in [0.25, 0.3) is 5.56 Å². The lowest BCUT2D eigenvalue weighted by Gasteiger charge is -2.35. The third kappa shape index (κ3) is 2.24. The standard InChI is InChI=1S/C25H23FN2O4/c1-4-25(31-3)17-8-20-22-15(10-28(20)23(29)16(17)11-32-24(25)30)14-7-5-6-13-12(2)18(26)9-19(27-22)21(13)14/h8-9H,4-7,10-11H2,1-3H3/t25-/m0/s1. The molecule has 7 heteroatoms. The molecule has 0 amide bonds. The summed E-state index contributed by atoms with van der Waals surface area (Å²) < 4.78 is 27.4. The molecule has 3 aromatic rings. The second-order valence-electron chi connectivity index (χ2n) is 8.90. The second-order valence-corrected chi connectivity index (χ2v) is 8.90. The fraction of sp³-hybridized carbons (Fsp3) is 0.400. The molecule has 0 fully saturated rings. The van der Waals surface area contributed by atoms with E-state index < -0.39 is 11.6 Å². The average molecular weight is 434 g/mol. The van der Waals surface area contributed by atoms with Crippen LogP contribution in [-0.2, 0) is 45.9 Å². The molecule has 164 valence electrons. The van der Waals surface area contributed by atoms with Crippen molar-refractivity contribution in [3.63, 3.8) is 0 Å². The molecule has 1 aromatic carbocycles. The summed E-state index contributed by atoms with van der Waals surface area (Å²) in [6, 6.07) is 3.36. The van der Waals surface area contributed by atoms with Gasteiger partial charge in [0.2, 0.25) is 0 Å². The lowest BCUT2D eigenvalue weighted by Crippen LogP contribution is -2.45. The molecule has 6 nitrogen and oxygen atoms in total. The summed E-state index contributed by atoms with van der Waals surface area (Å²) in [4.78, 5) is 31.0. The lowest BCUT2D eigenvalue weighted by atomic mass is 9.84. The zero-order chi connectivity index (χ0) is 22.4. The molecule has 0 spiro atoms. The molecule has 1 aliphatic carbocycles. The summed E-state index contributed by atoms with van der Waals surface area (Å²) in [5.41, 5.74) is 5.38. The molecule has 0 saturated carbocycles. The van der Waals surface area contributed by atoms with Gasteiger partial charge in [-0.2, -0.15) is 0 Å². The Hall–Kier alpha value is -3.06. The number of nitrogens with zero attached hydrogens (tertiary/aromatic N) is 2. The highest BCUT2D eigenvalue weighted by molar-refractivity contribution is 5.92. The van der Waals surface area contributed by atoms with Gasteiger partial charge in [0.1, 0.15) is 12.4 Å². The maximum atomic E-state index is 14.7. The zero-order valence-corrected chi connectivity index (χ0v) is 18.3. The Morgan fingerprint density at radius 1 is 1.19 bits per heavy atom. The summed E-state index contributed by atoms with van der Waals surface area (Å²) >= 11 is 0. The minimum Gasteiger partial charge on any atom is -0.458 e. The molecule has 1 atom stereocenters. The van der Waals surface area contributed by atoms with Gasteiger partial charge in [-0.05, 0) is 55.4 Å². The van der Waals surface area contributed by atoms with Crippen molar-refractivity contribution in [2.24, 2.45) is 0 Å². The molecule has 4 heterocycles. The van der Waals surface area contributed by atoms with Crippen LogP contribution in [-0.4, -0.2) is 22.6 Å². The van der Waals surface area contributed by atoms with Gasteiger partial charge < -0.3 is 14.0 Å². The van der Waals surface area contributed by atoms with Crippen molar-refractivity contribution < 1.29 is 18.7 Å². The monoisotopic (exact) mass is 434 g/mol. The van der Waals surface area contributed by atoms with E-state index in [0.717, 1.165) is 41.3 Å². The fourth-order valence-corrected chi connectivity index (χ4v) is 5.84. The summed E-state index contributed by atoms with van der Waals surface area (Å²) in [5, 5.41) is 1.04. The first-order chi connectivity index (χ1) is 15.4. The van der Waals surface area contributed by atoms with Gasteiger partial charge in [-0.1, -0.05) is 6.92 Å². The summed E-state index contributed by atoms with van der Waals surface area (Å²) in [5.74, 6) is -0.734. The van der Waals surface area contributed by atoms with Crippen LogP contribution in [0.25, 0.3) is 22.3 Å². The third-order valence-electron chi connectivity index (χ3n) is 7.59. The number of hydrogen-bond donors (Lipinski definition) is 0. The number of carbonyl (C=O) groups is 1. The Balaban J connectivity index is 1.68. The van der Waals surface area contributed by atoms with Gasteiger partial charge >= 0.3 is 5.97 Å². The number of methoxy groups -OCH3 is 1. The van der Waals surface area contributed by atoms with Crippen LogP contribution in [0.5, 0.6) is 0 Å². The third-order valence-corrected chi connectivity index (χ3v) is 7.59. The number of carbonyl (C=O) groups excluding carboxylic acids is 1. The van der Waals surface area contributed by atoms with Crippen molar-refractivity contribution in [2.45, 2.75) is 58.3 Å². The van der Waals surface area contributed by atoms with Crippen molar-refractivity contribution in [2.75, 3.05) is 7.11 Å². The number of ether oxygens (including phenoxy) is 2. The van der Waals surface area contributed by atoms with Crippen LogP contribution in [0.15, 0.2) is 16.9 Å². The van der Waals surface area contributed by atoms with Gasteiger partial charge in [0.05, 0.1) is 29.0 Å². The summed E-state index contributed by atoms with van der Waals surface area (Å²) in [6.45, 7) is 4.02. The number of fused-ring (bicyclic) bond motifs is 5. The Morgan fingerprint density at radius 2 is 1.97 bits per heavy atom. The lowest BCUT2D eigenvalue weighted by molar-refractivity contribution is -0.176. The van der Waals surface area contributed by atoms with E-state index >= 15 is 0 Å². The highest BCUT2D eigenvalue weighted by Crippen LogP contribution is 2.43. The molecule has 32 heavy (non-hydrogen) atoms. The fourth-order valence-electron chi connectivity index (χ4n) is 5.84. The number of benzene rings is 1. The van der Waals surface area contributed by atoms with E-state index in [1.54, 1.807) is 4.57 Å².